The molecule has 0 aromatic rings. The number of nitrogens with zero attached hydrogens (tertiary/aromatic N) is 1. The number of rotatable bonds is 4. The van der Waals surface area contributed by atoms with Crippen LogP contribution in [0.4, 0.5) is 0 Å². The van der Waals surface area contributed by atoms with Crippen molar-refractivity contribution in [1.82, 2.24) is 4.90 Å². The molecule has 0 aromatic heterocycles. The number of halogens is 2. The second-order valence-corrected chi connectivity index (χ2v) is 5.08. The number of nitrogens with two attached hydrogens (primary N) is 1. The van der Waals surface area contributed by atoms with Crippen LogP contribution in [0.25, 0.3) is 0 Å². The van der Waals surface area contributed by atoms with Gasteiger partial charge in [-0.3, -0.25) is 4.79 Å². The molecule has 1 aliphatic rings. The average Bonchev–Trinajstić information content (AvgIpc) is 2.27. The summed E-state index contributed by atoms with van der Waals surface area (Å²) in [5.74, 6) is 0.712. The van der Waals surface area contributed by atoms with E-state index in [1.165, 1.54) is 7.11 Å². The van der Waals surface area contributed by atoms with E-state index < -0.39 is 6.04 Å². The normalized spacial score (nSPS) is 18.7. The van der Waals surface area contributed by atoms with E-state index in [9.17, 15) is 4.79 Å². The van der Waals surface area contributed by atoms with Crippen LogP contribution in [0.5, 0.6) is 0 Å². The van der Waals surface area contributed by atoms with Gasteiger partial charge in [-0.1, -0.05) is 13.8 Å². The molecule has 4 nitrogen and oxygen atoms in total. The second kappa shape index (κ2) is 9.84. The third-order valence-electron chi connectivity index (χ3n) is 3.24. The fraction of sp³-hybridized carbons (Fsp3) is 0.917. The molecular formula is C12H26Cl2N2O2. The summed E-state index contributed by atoms with van der Waals surface area (Å²) in [5, 5.41) is 0. The van der Waals surface area contributed by atoms with Gasteiger partial charge in [-0.25, -0.2) is 0 Å². The SMILES string of the molecule is COC(=O)C(N)C1CCN(CC(C)C)CC1.Cl.Cl. The predicted molar refractivity (Wildman–Crippen MR) is 78.5 cm³/mol. The minimum absolute atomic E-state index is 0. The van der Waals surface area contributed by atoms with Crippen LogP contribution in [0.1, 0.15) is 26.7 Å². The molecule has 1 rings (SSSR count). The largest absolute Gasteiger partial charge is 0.468 e. The van der Waals surface area contributed by atoms with E-state index in [0.29, 0.717) is 5.92 Å². The number of hydrogen-bond donors (Lipinski definition) is 1. The number of hydrogen-bond acceptors (Lipinski definition) is 4. The number of carbonyl (C=O) groups excluding carboxylic acids is 1. The Hall–Kier alpha value is -0.0300. The molecule has 0 aliphatic carbocycles. The van der Waals surface area contributed by atoms with E-state index in [2.05, 4.69) is 23.5 Å². The highest BCUT2D eigenvalue weighted by atomic mass is 35.5. The van der Waals surface area contributed by atoms with Crippen molar-refractivity contribution in [2.24, 2.45) is 17.6 Å². The molecule has 2 N–H and O–H groups in total. The van der Waals surface area contributed by atoms with Crippen LogP contribution in [0, 0.1) is 11.8 Å². The van der Waals surface area contributed by atoms with Gasteiger partial charge in [0.2, 0.25) is 0 Å². The third kappa shape index (κ3) is 6.23. The van der Waals surface area contributed by atoms with Gasteiger partial charge in [0.15, 0.2) is 0 Å². The maximum Gasteiger partial charge on any atom is 0.322 e. The van der Waals surface area contributed by atoms with Gasteiger partial charge >= 0.3 is 5.97 Å². The first-order valence-electron chi connectivity index (χ1n) is 6.10. The van der Waals surface area contributed by atoms with E-state index in [1.54, 1.807) is 0 Å². The monoisotopic (exact) mass is 300 g/mol. The molecule has 1 heterocycles. The molecule has 0 bridgehead atoms. The highest BCUT2D eigenvalue weighted by Gasteiger charge is 2.29. The van der Waals surface area contributed by atoms with Gasteiger partial charge in [0.1, 0.15) is 6.04 Å². The summed E-state index contributed by atoms with van der Waals surface area (Å²) in [7, 11) is 1.40. The zero-order chi connectivity index (χ0) is 12.1. The topological polar surface area (TPSA) is 55.6 Å². The number of piperidine rings is 1. The molecule has 0 amide bonds. The van der Waals surface area contributed by atoms with Crippen LogP contribution in [0.15, 0.2) is 0 Å². The van der Waals surface area contributed by atoms with E-state index >= 15 is 0 Å². The maximum absolute atomic E-state index is 11.3. The molecule has 0 spiro atoms. The minimum Gasteiger partial charge on any atom is -0.468 e. The number of carbonyl (C=O) groups is 1. The number of methoxy groups -OCH3 is 1. The highest BCUT2D eigenvalue weighted by Crippen LogP contribution is 2.20. The van der Waals surface area contributed by atoms with Crippen molar-refractivity contribution in [2.45, 2.75) is 32.7 Å². The van der Waals surface area contributed by atoms with Gasteiger partial charge in [-0.15, -0.1) is 24.8 Å². The van der Waals surface area contributed by atoms with Crippen molar-refractivity contribution in [3.05, 3.63) is 0 Å². The average molecular weight is 301 g/mol. The molecule has 110 valence electrons. The van der Waals surface area contributed by atoms with Crippen LogP contribution in [-0.4, -0.2) is 43.7 Å². The first-order chi connectivity index (χ1) is 7.54. The lowest BCUT2D eigenvalue weighted by atomic mass is 9.89. The molecule has 0 saturated carbocycles. The molecule has 0 radical (unpaired) electrons. The van der Waals surface area contributed by atoms with E-state index in [4.69, 9.17) is 5.73 Å². The van der Waals surface area contributed by atoms with Crippen molar-refractivity contribution in [2.75, 3.05) is 26.7 Å². The van der Waals surface area contributed by atoms with Crippen LogP contribution < -0.4 is 5.73 Å². The molecule has 6 heteroatoms. The zero-order valence-corrected chi connectivity index (χ0v) is 13.1. The molecular weight excluding hydrogens is 275 g/mol. The summed E-state index contributed by atoms with van der Waals surface area (Å²) in [4.78, 5) is 13.8. The van der Waals surface area contributed by atoms with Crippen LogP contribution in [0.3, 0.4) is 0 Å². The molecule has 1 saturated heterocycles. The van der Waals surface area contributed by atoms with Gasteiger partial charge < -0.3 is 15.4 Å². The van der Waals surface area contributed by atoms with Crippen molar-refractivity contribution in [3.8, 4) is 0 Å². The van der Waals surface area contributed by atoms with Crippen molar-refractivity contribution < 1.29 is 9.53 Å². The van der Waals surface area contributed by atoms with Gasteiger partial charge in [-0.05, 0) is 37.8 Å². The smallest absolute Gasteiger partial charge is 0.322 e. The second-order valence-electron chi connectivity index (χ2n) is 5.08. The number of likely N-dealkylation sites (tertiary alicyclic amines) is 1. The van der Waals surface area contributed by atoms with Crippen LogP contribution >= 0.6 is 24.8 Å². The minimum atomic E-state index is -0.439. The summed E-state index contributed by atoms with van der Waals surface area (Å²) in [6.45, 7) is 7.69. The Morgan fingerprint density at radius 3 is 2.22 bits per heavy atom. The predicted octanol–water partition coefficient (Wildman–Crippen LogP) is 1.70. The summed E-state index contributed by atoms with van der Waals surface area (Å²) in [6.07, 6.45) is 2.01. The van der Waals surface area contributed by atoms with Gasteiger partial charge in [0, 0.05) is 6.54 Å². The van der Waals surface area contributed by atoms with Crippen molar-refractivity contribution in [1.29, 1.82) is 0 Å². The Morgan fingerprint density at radius 2 is 1.83 bits per heavy atom. The van der Waals surface area contributed by atoms with E-state index in [-0.39, 0.29) is 36.7 Å². The Kier molecular flexibility index (Phi) is 11.1. The zero-order valence-electron chi connectivity index (χ0n) is 11.4. The molecule has 1 atom stereocenters. The lowest BCUT2D eigenvalue weighted by molar-refractivity contribution is -0.144. The third-order valence-corrected chi connectivity index (χ3v) is 3.24. The number of esters is 1. The Balaban J connectivity index is 0. The fourth-order valence-electron chi connectivity index (χ4n) is 2.34. The van der Waals surface area contributed by atoms with Crippen molar-refractivity contribution in [3.63, 3.8) is 0 Å². The standard InChI is InChI=1S/C12H24N2O2.2ClH/c1-9(2)8-14-6-4-10(5-7-14)11(13)12(15)16-3;;/h9-11H,4-8,13H2,1-3H3;2*1H. The molecule has 1 fully saturated rings. The van der Waals surface area contributed by atoms with Crippen LogP contribution in [0.2, 0.25) is 0 Å². The molecule has 1 aliphatic heterocycles. The molecule has 18 heavy (non-hydrogen) atoms. The summed E-state index contributed by atoms with van der Waals surface area (Å²) in [6, 6.07) is -0.439. The summed E-state index contributed by atoms with van der Waals surface area (Å²) in [5.41, 5.74) is 5.86. The van der Waals surface area contributed by atoms with Gasteiger partial charge in [0.05, 0.1) is 7.11 Å². The Bertz CT molecular complexity index is 232. The first-order valence-corrected chi connectivity index (χ1v) is 6.10. The van der Waals surface area contributed by atoms with Crippen LogP contribution in [-0.2, 0) is 9.53 Å². The fourth-order valence-corrected chi connectivity index (χ4v) is 2.34. The molecule has 1 unspecified atom stereocenters. The Morgan fingerprint density at radius 1 is 1.33 bits per heavy atom. The lowest BCUT2D eigenvalue weighted by Gasteiger charge is -2.34. The quantitative estimate of drug-likeness (QED) is 0.803. The Labute approximate surface area is 122 Å². The number of ether oxygens (including phenoxy) is 1. The first kappa shape index (κ1) is 20.3. The maximum atomic E-state index is 11.3. The summed E-state index contributed by atoms with van der Waals surface area (Å²) < 4.78 is 4.68. The summed E-state index contributed by atoms with van der Waals surface area (Å²) >= 11 is 0. The van der Waals surface area contributed by atoms with E-state index in [0.717, 1.165) is 32.5 Å². The molecule has 0 aromatic carbocycles. The van der Waals surface area contributed by atoms with Gasteiger partial charge in [0.25, 0.3) is 0 Å². The lowest BCUT2D eigenvalue weighted by Crippen LogP contribution is -2.45. The highest BCUT2D eigenvalue weighted by molar-refractivity contribution is 5.85. The van der Waals surface area contributed by atoms with Crippen molar-refractivity contribution >= 4 is 30.8 Å². The van der Waals surface area contributed by atoms with Gasteiger partial charge in [-0.2, -0.15) is 0 Å². The van der Waals surface area contributed by atoms with E-state index in [1.807, 2.05) is 0 Å².